The summed E-state index contributed by atoms with van der Waals surface area (Å²) >= 11 is 0. The molecule has 7 rings (SSSR count). The van der Waals surface area contributed by atoms with E-state index < -0.39 is 53.7 Å². The highest BCUT2D eigenvalue weighted by Crippen LogP contribution is 2.69. The molecular formula is C37H44F2N2O7. The van der Waals surface area contributed by atoms with E-state index in [0.29, 0.717) is 43.7 Å². The molecule has 11 heteroatoms. The number of aliphatic hydroxyl groups is 4. The van der Waals surface area contributed by atoms with E-state index >= 15 is 8.78 Å². The standard InChI is InChI=1S/C37H44F2N2O7/c1-4-37(38,39)36(46)16-15-28-26-13-11-23-17-24(40-41-34(45)48-33-32(44)31(43)30(42)19(2)47-33)12-14-25(23)29(26)27(18-35(28,36)3)22-9-7-21(8-10-22)20-5-6-20/h1,7-10,17,19-20,26-28,30-33,42-44,46H,5-6,11-16,18H2,2-3H3,(H,41,45)/b40-24+/t19-,26-,27-,28-,30+,31+,32-,33-,35-,36-/m0/s1. The molecule has 5 aliphatic carbocycles. The number of alkyl halides is 2. The highest BCUT2D eigenvalue weighted by Gasteiger charge is 2.71. The van der Waals surface area contributed by atoms with Crippen LogP contribution in [0.5, 0.6) is 0 Å². The van der Waals surface area contributed by atoms with Crippen LogP contribution >= 0.6 is 0 Å². The summed E-state index contributed by atoms with van der Waals surface area (Å²) in [4.78, 5) is 12.5. The molecule has 0 unspecified atom stereocenters. The second kappa shape index (κ2) is 12.0. The number of benzene rings is 1. The second-order valence-electron chi connectivity index (χ2n) is 14.9. The van der Waals surface area contributed by atoms with Crippen molar-refractivity contribution in [3.8, 4) is 12.3 Å². The summed E-state index contributed by atoms with van der Waals surface area (Å²) < 4.78 is 41.3. The van der Waals surface area contributed by atoms with Gasteiger partial charge in [-0.3, -0.25) is 0 Å². The Balaban J connectivity index is 1.17. The lowest BCUT2D eigenvalue weighted by Gasteiger charge is -2.55. The first kappa shape index (κ1) is 33.4. The summed E-state index contributed by atoms with van der Waals surface area (Å²) in [6.07, 6.45) is 5.30. The molecule has 3 saturated carbocycles. The van der Waals surface area contributed by atoms with E-state index in [1.54, 1.807) is 5.92 Å². The fourth-order valence-electron chi connectivity index (χ4n) is 9.48. The van der Waals surface area contributed by atoms with Crippen molar-refractivity contribution in [3.63, 3.8) is 0 Å². The Kier molecular flexibility index (Phi) is 8.36. The van der Waals surface area contributed by atoms with Gasteiger partial charge in [-0.1, -0.05) is 36.8 Å². The zero-order valence-electron chi connectivity index (χ0n) is 27.2. The highest BCUT2D eigenvalue weighted by molar-refractivity contribution is 5.98. The number of fused-ring (bicyclic) bond motifs is 4. The average Bonchev–Trinajstić information content (AvgIpc) is 3.89. The van der Waals surface area contributed by atoms with Gasteiger partial charge in [0.15, 0.2) is 0 Å². The number of carbonyl (C=O) groups is 1. The number of ether oxygens (including phenoxy) is 2. The van der Waals surface area contributed by atoms with Crippen LogP contribution in [0.3, 0.4) is 0 Å². The maximum Gasteiger partial charge on any atom is 0.430 e. The van der Waals surface area contributed by atoms with Crippen molar-refractivity contribution in [2.75, 3.05) is 0 Å². The van der Waals surface area contributed by atoms with Gasteiger partial charge < -0.3 is 29.9 Å². The Morgan fingerprint density at radius 2 is 1.77 bits per heavy atom. The molecule has 1 aliphatic heterocycles. The van der Waals surface area contributed by atoms with Gasteiger partial charge in [0.1, 0.15) is 23.9 Å². The maximum atomic E-state index is 15.4. The molecular weight excluding hydrogens is 622 g/mol. The topological polar surface area (TPSA) is 141 Å². The lowest BCUT2D eigenvalue weighted by atomic mass is 9.50. The molecule has 9 nitrogen and oxygen atoms in total. The number of nitrogens with one attached hydrogen (secondary N) is 1. The normalized spacial score (nSPS) is 40.3. The van der Waals surface area contributed by atoms with Crippen molar-refractivity contribution in [1.29, 1.82) is 0 Å². The molecule has 1 heterocycles. The quantitative estimate of drug-likeness (QED) is 0.225. The molecule has 1 amide bonds. The van der Waals surface area contributed by atoms with Gasteiger partial charge in [-0.2, -0.15) is 13.9 Å². The van der Waals surface area contributed by atoms with Gasteiger partial charge in [-0.15, -0.1) is 6.42 Å². The van der Waals surface area contributed by atoms with E-state index in [-0.39, 0.29) is 24.2 Å². The third-order valence-corrected chi connectivity index (χ3v) is 12.3. The number of aliphatic hydroxyl groups excluding tert-OH is 3. The van der Waals surface area contributed by atoms with Crippen LogP contribution in [0.4, 0.5) is 13.6 Å². The van der Waals surface area contributed by atoms with Gasteiger partial charge >= 0.3 is 12.0 Å². The second-order valence-corrected chi connectivity index (χ2v) is 14.9. The molecule has 4 fully saturated rings. The molecule has 48 heavy (non-hydrogen) atoms. The average molecular weight is 667 g/mol. The van der Waals surface area contributed by atoms with Crippen LogP contribution < -0.4 is 5.43 Å². The van der Waals surface area contributed by atoms with Crippen molar-refractivity contribution in [1.82, 2.24) is 5.43 Å². The van der Waals surface area contributed by atoms with E-state index in [0.717, 1.165) is 17.6 Å². The number of amides is 1. The van der Waals surface area contributed by atoms with Gasteiger partial charge in [-0.25, -0.2) is 10.2 Å². The lowest BCUT2D eigenvalue weighted by molar-refractivity contribution is -0.275. The summed E-state index contributed by atoms with van der Waals surface area (Å²) in [5.74, 6) is -1.70. The smallest absolute Gasteiger partial charge is 0.415 e. The number of hydrogen-bond acceptors (Lipinski definition) is 8. The van der Waals surface area contributed by atoms with E-state index in [9.17, 15) is 25.2 Å². The predicted molar refractivity (Wildman–Crippen MR) is 172 cm³/mol. The predicted octanol–water partition coefficient (Wildman–Crippen LogP) is 4.80. The maximum absolute atomic E-state index is 15.4. The third kappa shape index (κ3) is 5.32. The number of carbonyl (C=O) groups excluding carboxylic acids is 1. The van der Waals surface area contributed by atoms with Crippen LogP contribution in [0.15, 0.2) is 52.2 Å². The van der Waals surface area contributed by atoms with E-state index in [4.69, 9.17) is 15.9 Å². The van der Waals surface area contributed by atoms with Crippen molar-refractivity contribution < 1.29 is 43.5 Å². The monoisotopic (exact) mass is 666 g/mol. The third-order valence-electron chi connectivity index (χ3n) is 12.3. The fourth-order valence-corrected chi connectivity index (χ4v) is 9.48. The first-order valence-corrected chi connectivity index (χ1v) is 17.1. The molecule has 0 aromatic heterocycles. The summed E-state index contributed by atoms with van der Waals surface area (Å²) in [7, 11) is 0. The minimum atomic E-state index is -3.65. The molecule has 258 valence electrons. The highest BCUT2D eigenvalue weighted by atomic mass is 19.3. The Hall–Kier alpha value is -3.14. The van der Waals surface area contributed by atoms with Crippen molar-refractivity contribution in [2.45, 2.75) is 126 Å². The molecule has 1 aromatic rings. The minimum absolute atomic E-state index is 0.0244. The van der Waals surface area contributed by atoms with Gasteiger partial charge in [0, 0.05) is 11.3 Å². The Bertz CT molecular complexity index is 1600. The van der Waals surface area contributed by atoms with Crippen LogP contribution in [-0.4, -0.2) is 74.5 Å². The first-order chi connectivity index (χ1) is 22.8. The van der Waals surface area contributed by atoms with Crippen LogP contribution in [0.25, 0.3) is 0 Å². The van der Waals surface area contributed by atoms with Crippen molar-refractivity contribution >= 4 is 11.8 Å². The van der Waals surface area contributed by atoms with Crippen LogP contribution in [-0.2, 0) is 9.47 Å². The summed E-state index contributed by atoms with van der Waals surface area (Å²) in [6, 6.07) is 8.60. The summed E-state index contributed by atoms with van der Waals surface area (Å²) in [5, 5.41) is 46.1. The number of allylic oxidation sites excluding steroid dienone is 4. The number of nitrogens with zero attached hydrogens (tertiary/aromatic N) is 1. The van der Waals surface area contributed by atoms with Gasteiger partial charge in [0.2, 0.25) is 6.29 Å². The molecule has 0 spiro atoms. The molecule has 5 N–H and O–H groups in total. The van der Waals surface area contributed by atoms with Gasteiger partial charge in [0.25, 0.3) is 0 Å². The Morgan fingerprint density at radius 1 is 1.06 bits per heavy atom. The fraction of sp³-hybridized carbons (Fsp3) is 0.622. The number of hydrazone groups is 1. The number of terminal acetylenes is 1. The number of rotatable bonds is 5. The largest absolute Gasteiger partial charge is 0.430 e. The minimum Gasteiger partial charge on any atom is -0.415 e. The van der Waals surface area contributed by atoms with E-state index in [2.05, 4.69) is 34.8 Å². The molecule has 0 bridgehead atoms. The molecule has 1 aromatic carbocycles. The molecule has 6 aliphatic rings. The van der Waals surface area contributed by atoms with Crippen molar-refractivity contribution in [3.05, 3.63) is 58.2 Å². The lowest BCUT2D eigenvalue weighted by Crippen LogP contribution is -2.60. The summed E-state index contributed by atoms with van der Waals surface area (Å²) in [5.41, 5.74) is 5.56. The van der Waals surface area contributed by atoms with Crippen molar-refractivity contribution in [2.24, 2.45) is 22.4 Å². The molecule has 1 saturated heterocycles. The first-order valence-electron chi connectivity index (χ1n) is 17.1. The van der Waals surface area contributed by atoms with Crippen LogP contribution in [0.2, 0.25) is 0 Å². The summed E-state index contributed by atoms with van der Waals surface area (Å²) in [6.45, 7) is 3.31. The van der Waals surface area contributed by atoms with Gasteiger partial charge in [0.05, 0.1) is 11.8 Å². The van der Waals surface area contributed by atoms with E-state index in [1.807, 2.05) is 13.0 Å². The SMILES string of the molecule is C#CC(F)(F)[C@]1(O)CC[C@H]2[C@@H]3CCC4=C/C(=N/NC(=O)O[C@@H]5O[C@@H](C)[C@@H](O)[C@@H](O)[C@@H]5O)CCC4=C3[C@H](c3ccc(C4CC4)cc3)C[C@@]21C. The zero-order chi connectivity index (χ0) is 34.2. The molecule has 10 atom stereocenters. The Labute approximate surface area is 279 Å². The van der Waals surface area contributed by atoms with Crippen LogP contribution in [0, 0.1) is 29.6 Å². The van der Waals surface area contributed by atoms with Gasteiger partial charge in [-0.05, 0) is 117 Å². The number of halogens is 2. The number of hydrogen-bond donors (Lipinski definition) is 5. The Morgan fingerprint density at radius 3 is 2.46 bits per heavy atom. The zero-order valence-corrected chi connectivity index (χ0v) is 27.2. The molecule has 0 radical (unpaired) electrons. The van der Waals surface area contributed by atoms with Crippen LogP contribution in [0.1, 0.15) is 94.6 Å². The van der Waals surface area contributed by atoms with E-state index in [1.165, 1.54) is 36.5 Å².